The molecule has 2 nitrogen and oxygen atoms in total. The van der Waals surface area contributed by atoms with E-state index in [1.54, 1.807) is 12.1 Å². The second-order valence-electron chi connectivity index (χ2n) is 5.91. The summed E-state index contributed by atoms with van der Waals surface area (Å²) in [7, 11) is 0. The Morgan fingerprint density at radius 3 is 2.62 bits per heavy atom. The molecule has 0 aliphatic carbocycles. The average Bonchev–Trinajstić information content (AvgIpc) is 2.56. The Morgan fingerprint density at radius 2 is 1.88 bits per heavy atom. The van der Waals surface area contributed by atoms with Crippen molar-refractivity contribution >= 4 is 28.1 Å². The van der Waals surface area contributed by atoms with Crippen molar-refractivity contribution in [1.29, 1.82) is 0 Å². The molecule has 3 aromatic rings. The summed E-state index contributed by atoms with van der Waals surface area (Å²) in [5, 5.41) is 5.70. The highest BCUT2D eigenvalue weighted by Crippen LogP contribution is 2.30. The Morgan fingerprint density at radius 1 is 1.08 bits per heavy atom. The Hall–Kier alpha value is -2.26. The molecule has 0 saturated carbocycles. The second kappa shape index (κ2) is 7.10. The molecule has 0 saturated heterocycles. The van der Waals surface area contributed by atoms with Crippen molar-refractivity contribution in [2.45, 2.75) is 26.5 Å². The molecule has 0 heterocycles. The van der Waals surface area contributed by atoms with E-state index in [9.17, 15) is 4.39 Å². The fourth-order valence-electron chi connectivity index (χ4n) is 2.66. The lowest BCUT2D eigenvalue weighted by molar-refractivity contribution is 0.240. The van der Waals surface area contributed by atoms with Gasteiger partial charge in [-0.2, -0.15) is 0 Å². The topological polar surface area (TPSA) is 21.3 Å². The van der Waals surface area contributed by atoms with Gasteiger partial charge in [0.2, 0.25) is 0 Å². The van der Waals surface area contributed by atoms with Gasteiger partial charge in [0.05, 0.1) is 11.1 Å². The van der Waals surface area contributed by atoms with Gasteiger partial charge in [-0.1, -0.05) is 41.9 Å². The molecule has 3 rings (SSSR count). The Bertz CT molecular complexity index is 863. The normalized spacial score (nSPS) is 11.0. The Balaban J connectivity index is 1.94. The number of nitrogens with one attached hydrogen (secondary N) is 1. The number of hydrogen-bond acceptors (Lipinski definition) is 2. The summed E-state index contributed by atoms with van der Waals surface area (Å²) in [4.78, 5) is 0. The quantitative estimate of drug-likeness (QED) is 0.610. The second-order valence-corrected chi connectivity index (χ2v) is 6.32. The molecule has 0 bridgehead atoms. The van der Waals surface area contributed by atoms with Crippen LogP contribution in [0.25, 0.3) is 10.8 Å². The molecular weight excluding hydrogens is 325 g/mol. The maximum atomic E-state index is 13.3. The molecular formula is C20H19ClFNO. The van der Waals surface area contributed by atoms with Gasteiger partial charge in [-0.25, -0.2) is 4.39 Å². The molecule has 0 fully saturated rings. The predicted molar refractivity (Wildman–Crippen MR) is 98.4 cm³/mol. The van der Waals surface area contributed by atoms with Crippen molar-refractivity contribution in [3.63, 3.8) is 0 Å². The van der Waals surface area contributed by atoms with Gasteiger partial charge < -0.3 is 10.1 Å². The van der Waals surface area contributed by atoms with Crippen LogP contribution in [0.5, 0.6) is 5.75 Å². The molecule has 0 radical (unpaired) electrons. The van der Waals surface area contributed by atoms with Gasteiger partial charge in [0.25, 0.3) is 0 Å². The summed E-state index contributed by atoms with van der Waals surface area (Å²) in [6.07, 6.45) is 0.0881. The third kappa shape index (κ3) is 3.62. The van der Waals surface area contributed by atoms with E-state index in [0.29, 0.717) is 6.54 Å². The van der Waals surface area contributed by atoms with Crippen LogP contribution in [0.3, 0.4) is 0 Å². The zero-order valence-electron chi connectivity index (χ0n) is 13.6. The van der Waals surface area contributed by atoms with Gasteiger partial charge >= 0.3 is 0 Å². The van der Waals surface area contributed by atoms with Gasteiger partial charge in [0.1, 0.15) is 11.6 Å². The molecule has 0 aliphatic rings. The molecule has 24 heavy (non-hydrogen) atoms. The highest BCUT2D eigenvalue weighted by Gasteiger charge is 2.10. The minimum absolute atomic E-state index is 0.0881. The summed E-state index contributed by atoms with van der Waals surface area (Å²) in [6, 6.07) is 16.9. The first-order valence-corrected chi connectivity index (χ1v) is 8.28. The number of fused-ring (bicyclic) bond motifs is 1. The molecule has 124 valence electrons. The number of anilines is 1. The summed E-state index contributed by atoms with van der Waals surface area (Å²) >= 11 is 5.85. The average molecular weight is 344 g/mol. The molecule has 0 amide bonds. The van der Waals surface area contributed by atoms with Gasteiger partial charge in [-0.05, 0) is 48.9 Å². The molecule has 0 atom stereocenters. The van der Waals surface area contributed by atoms with Crippen LogP contribution in [0.15, 0.2) is 54.6 Å². The molecule has 0 aromatic heterocycles. The van der Waals surface area contributed by atoms with Crippen LogP contribution in [0.2, 0.25) is 5.02 Å². The first-order valence-electron chi connectivity index (χ1n) is 7.91. The molecule has 0 unspecified atom stereocenters. The van der Waals surface area contributed by atoms with Crippen LogP contribution in [0.1, 0.15) is 19.4 Å². The van der Waals surface area contributed by atoms with E-state index in [-0.39, 0.29) is 11.1 Å². The molecule has 0 spiro atoms. The SMILES string of the molecule is CC(C)Oc1ccc2ccccc2c1CNc1ccc(F)c(Cl)c1. The van der Waals surface area contributed by atoms with E-state index >= 15 is 0 Å². The summed E-state index contributed by atoms with van der Waals surface area (Å²) < 4.78 is 19.3. The number of ether oxygens (including phenoxy) is 1. The molecule has 0 aliphatic heterocycles. The first-order chi connectivity index (χ1) is 11.5. The zero-order valence-corrected chi connectivity index (χ0v) is 14.4. The van der Waals surface area contributed by atoms with Crippen molar-refractivity contribution in [3.05, 3.63) is 71.0 Å². The zero-order chi connectivity index (χ0) is 17.1. The number of halogens is 2. The minimum Gasteiger partial charge on any atom is -0.491 e. The van der Waals surface area contributed by atoms with Crippen molar-refractivity contribution in [2.24, 2.45) is 0 Å². The van der Waals surface area contributed by atoms with Crippen LogP contribution < -0.4 is 10.1 Å². The van der Waals surface area contributed by atoms with Crippen LogP contribution in [-0.4, -0.2) is 6.10 Å². The number of rotatable bonds is 5. The fraction of sp³-hybridized carbons (Fsp3) is 0.200. The van der Waals surface area contributed by atoms with E-state index in [4.69, 9.17) is 16.3 Å². The summed E-state index contributed by atoms with van der Waals surface area (Å²) in [5.74, 6) is 0.431. The maximum Gasteiger partial charge on any atom is 0.141 e. The van der Waals surface area contributed by atoms with Gasteiger partial charge in [0.15, 0.2) is 0 Å². The fourth-order valence-corrected chi connectivity index (χ4v) is 2.84. The van der Waals surface area contributed by atoms with Crippen molar-refractivity contribution in [3.8, 4) is 5.75 Å². The van der Waals surface area contributed by atoms with Crippen molar-refractivity contribution in [1.82, 2.24) is 0 Å². The maximum absolute atomic E-state index is 13.3. The molecule has 3 aromatic carbocycles. The summed E-state index contributed by atoms with van der Waals surface area (Å²) in [5.41, 5.74) is 1.84. The molecule has 4 heteroatoms. The standard InChI is InChI=1S/C20H19ClFNO/c1-13(2)24-20-10-7-14-5-3-4-6-16(14)17(20)12-23-15-8-9-19(22)18(21)11-15/h3-11,13,23H,12H2,1-2H3. The monoisotopic (exact) mass is 343 g/mol. The van der Waals surface area contributed by atoms with E-state index in [2.05, 4.69) is 23.5 Å². The highest BCUT2D eigenvalue weighted by atomic mass is 35.5. The Labute approximate surface area is 146 Å². The lowest BCUT2D eigenvalue weighted by Gasteiger charge is -2.17. The smallest absolute Gasteiger partial charge is 0.141 e. The van der Waals surface area contributed by atoms with E-state index in [1.165, 1.54) is 6.07 Å². The number of benzene rings is 3. The minimum atomic E-state index is -0.420. The largest absolute Gasteiger partial charge is 0.491 e. The lowest BCUT2D eigenvalue weighted by atomic mass is 10.0. The van der Waals surface area contributed by atoms with Gasteiger partial charge in [-0.3, -0.25) is 0 Å². The Kier molecular flexibility index (Phi) is 4.91. The van der Waals surface area contributed by atoms with Crippen molar-refractivity contribution in [2.75, 3.05) is 5.32 Å². The number of hydrogen-bond donors (Lipinski definition) is 1. The predicted octanol–water partition coefficient (Wildman–Crippen LogP) is 6.03. The van der Waals surface area contributed by atoms with Crippen LogP contribution in [-0.2, 0) is 6.54 Å². The van der Waals surface area contributed by atoms with Crippen LogP contribution >= 0.6 is 11.6 Å². The highest BCUT2D eigenvalue weighted by molar-refractivity contribution is 6.31. The van der Waals surface area contributed by atoms with Crippen LogP contribution in [0, 0.1) is 5.82 Å². The first kappa shape index (κ1) is 16.6. The van der Waals surface area contributed by atoms with E-state index < -0.39 is 5.82 Å². The van der Waals surface area contributed by atoms with Gasteiger partial charge in [0, 0.05) is 17.8 Å². The van der Waals surface area contributed by atoms with Crippen molar-refractivity contribution < 1.29 is 9.13 Å². The van der Waals surface area contributed by atoms with E-state index in [1.807, 2.05) is 32.0 Å². The van der Waals surface area contributed by atoms with Crippen LogP contribution in [0.4, 0.5) is 10.1 Å². The third-order valence-corrected chi connectivity index (χ3v) is 4.04. The summed E-state index contributed by atoms with van der Waals surface area (Å²) in [6.45, 7) is 4.57. The van der Waals surface area contributed by atoms with Gasteiger partial charge in [-0.15, -0.1) is 0 Å². The lowest BCUT2D eigenvalue weighted by Crippen LogP contribution is -2.10. The molecule has 1 N–H and O–H groups in total. The third-order valence-electron chi connectivity index (χ3n) is 3.75. The van der Waals surface area contributed by atoms with E-state index in [0.717, 1.165) is 27.8 Å².